The van der Waals surface area contributed by atoms with E-state index in [1.165, 1.54) is 43.3 Å². The number of hydrogen-bond acceptors (Lipinski definition) is 4. The standard InChI is InChI=1S/C21H19FN3O4/c1-15(26)23-11-13-24(14-12-23)20(27)10-9-16-5-4-8-19(25(28)29)21(16)17-6-2-3-7-18(17)22/h2-7,9-10H,11-14H2,1H3/b10-9+. The van der Waals surface area contributed by atoms with E-state index >= 15 is 0 Å². The fourth-order valence-electron chi connectivity index (χ4n) is 3.24. The van der Waals surface area contributed by atoms with E-state index in [0.29, 0.717) is 31.7 Å². The van der Waals surface area contributed by atoms with Gasteiger partial charge >= 0.3 is 0 Å². The van der Waals surface area contributed by atoms with Crippen LogP contribution in [0, 0.1) is 22.0 Å². The molecule has 8 heteroatoms. The molecule has 2 aromatic rings. The van der Waals surface area contributed by atoms with E-state index in [1.54, 1.807) is 21.9 Å². The quantitative estimate of drug-likeness (QED) is 0.452. The van der Waals surface area contributed by atoms with Crippen molar-refractivity contribution in [3.63, 3.8) is 0 Å². The molecule has 2 amide bonds. The Hall–Kier alpha value is -3.55. The van der Waals surface area contributed by atoms with Crippen LogP contribution in [0.4, 0.5) is 10.1 Å². The van der Waals surface area contributed by atoms with Crippen molar-refractivity contribution >= 4 is 23.6 Å². The number of benzene rings is 2. The first-order valence-corrected chi connectivity index (χ1v) is 9.05. The van der Waals surface area contributed by atoms with Crippen LogP contribution in [0.2, 0.25) is 0 Å². The molecule has 0 atom stereocenters. The Kier molecular flexibility index (Phi) is 6.01. The highest BCUT2D eigenvalue weighted by Crippen LogP contribution is 2.35. The van der Waals surface area contributed by atoms with E-state index in [2.05, 4.69) is 6.07 Å². The molecule has 1 heterocycles. The number of piperazine rings is 1. The zero-order chi connectivity index (χ0) is 21.0. The molecule has 1 aliphatic heterocycles. The first kappa shape index (κ1) is 20.2. The molecule has 0 bridgehead atoms. The van der Waals surface area contributed by atoms with Crippen LogP contribution < -0.4 is 0 Å². The van der Waals surface area contributed by atoms with Gasteiger partial charge in [0.1, 0.15) is 5.82 Å². The molecule has 0 unspecified atom stereocenters. The summed E-state index contributed by atoms with van der Waals surface area (Å²) in [5.74, 6) is -0.908. The summed E-state index contributed by atoms with van der Waals surface area (Å²) in [7, 11) is 0. The predicted octanol–water partition coefficient (Wildman–Crippen LogP) is 2.90. The van der Waals surface area contributed by atoms with Crippen LogP contribution >= 0.6 is 0 Å². The third-order valence-corrected chi connectivity index (χ3v) is 4.78. The van der Waals surface area contributed by atoms with Crippen LogP contribution in [0.25, 0.3) is 17.2 Å². The van der Waals surface area contributed by atoms with E-state index < -0.39 is 10.7 Å². The molecule has 1 aliphatic rings. The summed E-state index contributed by atoms with van der Waals surface area (Å²) in [6, 6.07) is 11.2. The number of halogens is 1. The maximum absolute atomic E-state index is 14.3. The van der Waals surface area contributed by atoms with Gasteiger partial charge in [0.2, 0.25) is 11.8 Å². The van der Waals surface area contributed by atoms with Crippen molar-refractivity contribution in [2.24, 2.45) is 0 Å². The average Bonchev–Trinajstić information content (AvgIpc) is 2.72. The summed E-state index contributed by atoms with van der Waals surface area (Å²) in [6.07, 6.45) is 2.76. The van der Waals surface area contributed by atoms with Gasteiger partial charge in [0.15, 0.2) is 0 Å². The Morgan fingerprint density at radius 2 is 1.79 bits per heavy atom. The van der Waals surface area contributed by atoms with Gasteiger partial charge in [-0.3, -0.25) is 19.7 Å². The van der Waals surface area contributed by atoms with Crippen LogP contribution in [-0.2, 0) is 9.59 Å². The van der Waals surface area contributed by atoms with Crippen molar-refractivity contribution in [1.82, 2.24) is 9.80 Å². The molecular weight excluding hydrogens is 377 g/mol. The summed E-state index contributed by atoms with van der Waals surface area (Å²) in [5, 5.41) is 11.5. The molecule has 1 saturated heterocycles. The Morgan fingerprint density at radius 3 is 2.41 bits per heavy atom. The van der Waals surface area contributed by atoms with E-state index in [0.717, 1.165) is 0 Å². The molecule has 0 spiro atoms. The summed E-state index contributed by atoms with van der Waals surface area (Å²) < 4.78 is 14.3. The van der Waals surface area contributed by atoms with Gasteiger partial charge in [-0.1, -0.05) is 24.3 Å². The normalized spacial score (nSPS) is 14.3. The van der Waals surface area contributed by atoms with Gasteiger partial charge < -0.3 is 9.80 Å². The Labute approximate surface area is 167 Å². The summed E-state index contributed by atoms with van der Waals surface area (Å²) in [5.41, 5.74) is 0.121. The molecule has 2 aromatic carbocycles. The lowest BCUT2D eigenvalue weighted by molar-refractivity contribution is -0.384. The summed E-state index contributed by atoms with van der Waals surface area (Å²) in [4.78, 5) is 38.0. The van der Waals surface area contributed by atoms with Crippen LogP contribution in [0.5, 0.6) is 0 Å². The minimum atomic E-state index is -0.623. The maximum Gasteiger partial charge on any atom is 0.285 e. The predicted molar refractivity (Wildman–Crippen MR) is 105 cm³/mol. The second kappa shape index (κ2) is 8.64. The highest BCUT2D eigenvalue weighted by Gasteiger charge is 2.23. The van der Waals surface area contributed by atoms with Gasteiger partial charge in [0.05, 0.1) is 16.6 Å². The molecule has 0 aromatic heterocycles. The van der Waals surface area contributed by atoms with Gasteiger partial charge in [-0.2, -0.15) is 0 Å². The molecule has 0 saturated carbocycles. The lowest BCUT2D eigenvalue weighted by Crippen LogP contribution is -2.49. The van der Waals surface area contributed by atoms with Crippen LogP contribution in [-0.4, -0.2) is 52.7 Å². The van der Waals surface area contributed by atoms with Crippen molar-refractivity contribution in [3.05, 3.63) is 70.0 Å². The number of hydrogen-bond donors (Lipinski definition) is 0. The molecule has 0 N–H and O–H groups in total. The van der Waals surface area contributed by atoms with Crippen LogP contribution in [0.15, 0.2) is 42.5 Å². The Bertz CT molecular complexity index is 982. The molecule has 1 fully saturated rings. The zero-order valence-corrected chi connectivity index (χ0v) is 15.8. The maximum atomic E-state index is 14.3. The molecule has 0 aliphatic carbocycles. The molecule has 1 radical (unpaired) electrons. The lowest BCUT2D eigenvalue weighted by Gasteiger charge is -2.33. The third kappa shape index (κ3) is 4.48. The third-order valence-electron chi connectivity index (χ3n) is 4.78. The number of nitro benzene ring substituents is 1. The van der Waals surface area contributed by atoms with Gasteiger partial charge in [0.25, 0.3) is 5.69 Å². The van der Waals surface area contributed by atoms with Gasteiger partial charge in [-0.05, 0) is 23.8 Å². The second-order valence-corrected chi connectivity index (χ2v) is 6.56. The fraction of sp³-hybridized carbons (Fsp3) is 0.238. The number of rotatable bonds is 4. The van der Waals surface area contributed by atoms with Gasteiger partial charge in [-0.15, -0.1) is 0 Å². The smallest absolute Gasteiger partial charge is 0.285 e. The van der Waals surface area contributed by atoms with E-state index in [1.807, 2.05) is 0 Å². The Balaban J connectivity index is 1.89. The Morgan fingerprint density at radius 1 is 1.14 bits per heavy atom. The summed E-state index contributed by atoms with van der Waals surface area (Å²) >= 11 is 0. The van der Waals surface area contributed by atoms with Crippen molar-refractivity contribution < 1.29 is 18.9 Å². The van der Waals surface area contributed by atoms with Crippen LogP contribution in [0.1, 0.15) is 12.5 Å². The minimum Gasteiger partial charge on any atom is -0.339 e. The topological polar surface area (TPSA) is 83.8 Å². The van der Waals surface area contributed by atoms with E-state index in [4.69, 9.17) is 0 Å². The first-order valence-electron chi connectivity index (χ1n) is 9.05. The monoisotopic (exact) mass is 396 g/mol. The molecule has 7 nitrogen and oxygen atoms in total. The highest BCUT2D eigenvalue weighted by molar-refractivity contribution is 5.94. The molecule has 149 valence electrons. The number of carbonyl (C=O) groups is 2. The number of nitrogens with zero attached hydrogens (tertiary/aromatic N) is 3. The minimum absolute atomic E-state index is 0.0324. The fourth-order valence-corrected chi connectivity index (χ4v) is 3.24. The van der Waals surface area contributed by atoms with Gasteiger partial charge in [-0.25, -0.2) is 4.39 Å². The van der Waals surface area contributed by atoms with Crippen molar-refractivity contribution in [3.8, 4) is 11.1 Å². The number of amides is 2. The van der Waals surface area contributed by atoms with E-state index in [9.17, 15) is 24.1 Å². The molecule has 3 rings (SSSR count). The SMILES string of the molecule is CC(=O)N1CCN(C(=O)/C=C/c2cc[c]c([N+](=O)[O-])c2-c2ccccc2F)CC1. The second-order valence-electron chi connectivity index (χ2n) is 6.56. The number of nitro groups is 1. The molecular formula is C21H19FN3O4. The van der Waals surface area contributed by atoms with Gasteiger partial charge in [0, 0.05) is 44.7 Å². The van der Waals surface area contributed by atoms with E-state index in [-0.39, 0.29) is 28.6 Å². The zero-order valence-electron chi connectivity index (χ0n) is 15.8. The summed E-state index contributed by atoms with van der Waals surface area (Å²) in [6.45, 7) is 3.22. The average molecular weight is 396 g/mol. The van der Waals surface area contributed by atoms with Crippen molar-refractivity contribution in [2.45, 2.75) is 6.92 Å². The first-order chi connectivity index (χ1) is 13.9. The number of carbonyl (C=O) groups excluding carboxylic acids is 2. The van der Waals surface area contributed by atoms with Crippen LogP contribution in [0.3, 0.4) is 0 Å². The largest absolute Gasteiger partial charge is 0.339 e. The van der Waals surface area contributed by atoms with Crippen molar-refractivity contribution in [1.29, 1.82) is 0 Å². The molecule has 29 heavy (non-hydrogen) atoms. The lowest BCUT2D eigenvalue weighted by atomic mass is 9.97. The highest BCUT2D eigenvalue weighted by atomic mass is 19.1. The van der Waals surface area contributed by atoms with Crippen molar-refractivity contribution in [2.75, 3.05) is 26.2 Å².